The zero-order valence-corrected chi connectivity index (χ0v) is 11.1. The Balaban J connectivity index is 2.27. The molecule has 16 heavy (non-hydrogen) atoms. The monoisotopic (exact) mass is 243 g/mol. The smallest absolute Gasteiger partial charge is 0.0700 e. The largest absolute Gasteiger partial charge is 0.382 e. The Hall–Kier alpha value is -0.420. The summed E-state index contributed by atoms with van der Waals surface area (Å²) in [6.07, 6.45) is 0.996. The molecule has 0 aromatic carbocycles. The highest BCUT2D eigenvalue weighted by Crippen LogP contribution is 2.22. The highest BCUT2D eigenvalue weighted by atomic mass is 32.1. The minimum atomic E-state index is 0.396. The molecular weight excluding hydrogens is 222 g/mol. The molecule has 1 heterocycles. The zero-order chi connectivity index (χ0) is 11.8. The second kappa shape index (κ2) is 7.79. The van der Waals surface area contributed by atoms with Crippen molar-refractivity contribution < 1.29 is 9.47 Å². The molecule has 0 fully saturated rings. The highest BCUT2D eigenvalue weighted by molar-refractivity contribution is 7.10. The Morgan fingerprint density at radius 3 is 2.75 bits per heavy atom. The van der Waals surface area contributed by atoms with Crippen molar-refractivity contribution in [1.82, 2.24) is 5.32 Å². The summed E-state index contributed by atoms with van der Waals surface area (Å²) >= 11 is 1.79. The van der Waals surface area contributed by atoms with Crippen LogP contribution in [0.15, 0.2) is 11.4 Å². The van der Waals surface area contributed by atoms with Crippen LogP contribution >= 0.6 is 11.3 Å². The number of thiophene rings is 1. The summed E-state index contributed by atoms with van der Waals surface area (Å²) in [6, 6.07) is 2.63. The van der Waals surface area contributed by atoms with Gasteiger partial charge < -0.3 is 14.8 Å². The Labute approximate surface area is 102 Å². The number of methoxy groups -OCH3 is 1. The van der Waals surface area contributed by atoms with Crippen molar-refractivity contribution in [3.05, 3.63) is 21.9 Å². The van der Waals surface area contributed by atoms with Gasteiger partial charge in [0, 0.05) is 24.6 Å². The fraction of sp³-hybridized carbons (Fsp3) is 0.667. The molecule has 1 rings (SSSR count). The summed E-state index contributed by atoms with van der Waals surface area (Å²) < 4.78 is 10.4. The van der Waals surface area contributed by atoms with Crippen molar-refractivity contribution in [2.24, 2.45) is 0 Å². The van der Waals surface area contributed by atoms with E-state index in [0.29, 0.717) is 19.3 Å². The predicted molar refractivity (Wildman–Crippen MR) is 68.2 cm³/mol. The maximum absolute atomic E-state index is 5.47. The van der Waals surface area contributed by atoms with Gasteiger partial charge in [0.05, 0.1) is 13.2 Å². The lowest BCUT2D eigenvalue weighted by atomic mass is 10.1. The van der Waals surface area contributed by atoms with E-state index in [-0.39, 0.29) is 0 Å². The maximum Gasteiger partial charge on any atom is 0.0700 e. The molecular formula is C12H21NO2S. The Kier molecular flexibility index (Phi) is 6.64. The van der Waals surface area contributed by atoms with E-state index < -0.39 is 0 Å². The van der Waals surface area contributed by atoms with Crippen molar-refractivity contribution in [2.45, 2.75) is 19.4 Å². The number of hydrogen-bond acceptors (Lipinski definition) is 4. The molecule has 1 aromatic heterocycles. The third-order valence-electron chi connectivity index (χ3n) is 2.48. The van der Waals surface area contributed by atoms with Gasteiger partial charge in [-0.15, -0.1) is 11.3 Å². The lowest BCUT2D eigenvalue weighted by Gasteiger charge is -2.14. The van der Waals surface area contributed by atoms with Gasteiger partial charge >= 0.3 is 0 Å². The molecule has 0 amide bonds. The van der Waals surface area contributed by atoms with Crippen molar-refractivity contribution >= 4 is 11.3 Å². The van der Waals surface area contributed by atoms with E-state index in [9.17, 15) is 0 Å². The molecule has 1 unspecified atom stereocenters. The molecule has 1 aromatic rings. The van der Waals surface area contributed by atoms with Gasteiger partial charge in [-0.3, -0.25) is 0 Å². The standard InChI is InChI=1S/C12H21NO2S/c1-10-8-11(9-16-10)12(13-2)4-5-15-7-6-14-3/h8-9,12-13H,4-7H2,1-3H3. The average Bonchev–Trinajstić information content (AvgIpc) is 2.70. The normalized spacial score (nSPS) is 12.9. The van der Waals surface area contributed by atoms with Gasteiger partial charge in [0.2, 0.25) is 0 Å². The molecule has 0 aliphatic heterocycles. The van der Waals surface area contributed by atoms with Gasteiger partial charge in [-0.2, -0.15) is 0 Å². The van der Waals surface area contributed by atoms with Crippen LogP contribution in [0.4, 0.5) is 0 Å². The molecule has 3 nitrogen and oxygen atoms in total. The van der Waals surface area contributed by atoms with Crippen molar-refractivity contribution in [3.8, 4) is 0 Å². The van der Waals surface area contributed by atoms with Crippen LogP contribution < -0.4 is 5.32 Å². The second-order valence-corrected chi connectivity index (χ2v) is 4.84. The first-order valence-corrected chi connectivity index (χ1v) is 6.45. The molecule has 0 spiro atoms. The summed E-state index contributed by atoms with van der Waals surface area (Å²) in [5.74, 6) is 0. The fourth-order valence-electron chi connectivity index (χ4n) is 1.57. The third-order valence-corrected chi connectivity index (χ3v) is 3.36. The number of aryl methyl sites for hydroxylation is 1. The second-order valence-electron chi connectivity index (χ2n) is 3.73. The SMILES string of the molecule is CNC(CCOCCOC)c1csc(C)c1. The molecule has 0 saturated heterocycles. The molecule has 92 valence electrons. The van der Waals surface area contributed by atoms with Gasteiger partial charge in [0.15, 0.2) is 0 Å². The van der Waals surface area contributed by atoms with Gasteiger partial charge in [-0.05, 0) is 37.4 Å². The molecule has 0 saturated carbocycles. The van der Waals surface area contributed by atoms with Gasteiger partial charge in [-0.1, -0.05) is 0 Å². The van der Waals surface area contributed by atoms with Crippen LogP contribution in [-0.2, 0) is 9.47 Å². The van der Waals surface area contributed by atoms with Crippen LogP contribution in [0.2, 0.25) is 0 Å². The van der Waals surface area contributed by atoms with E-state index in [1.165, 1.54) is 10.4 Å². The number of ether oxygens (including phenoxy) is 2. The quantitative estimate of drug-likeness (QED) is 0.711. The molecule has 1 N–H and O–H groups in total. The van der Waals surface area contributed by atoms with Crippen molar-refractivity contribution in [1.29, 1.82) is 0 Å². The highest BCUT2D eigenvalue weighted by Gasteiger charge is 2.10. The Morgan fingerprint density at radius 1 is 1.38 bits per heavy atom. The molecule has 4 heteroatoms. The van der Waals surface area contributed by atoms with E-state index in [1.807, 2.05) is 7.05 Å². The molecule has 0 aliphatic rings. The number of rotatable bonds is 8. The van der Waals surface area contributed by atoms with Crippen molar-refractivity contribution in [3.63, 3.8) is 0 Å². The van der Waals surface area contributed by atoms with E-state index in [4.69, 9.17) is 9.47 Å². The first-order valence-electron chi connectivity index (χ1n) is 5.57. The van der Waals surface area contributed by atoms with Gasteiger partial charge in [-0.25, -0.2) is 0 Å². The van der Waals surface area contributed by atoms with E-state index in [2.05, 4.69) is 23.7 Å². The van der Waals surface area contributed by atoms with Crippen LogP contribution in [0.25, 0.3) is 0 Å². The third kappa shape index (κ3) is 4.61. The molecule has 0 bridgehead atoms. The van der Waals surface area contributed by atoms with Gasteiger partial charge in [0.25, 0.3) is 0 Å². The minimum absolute atomic E-state index is 0.396. The minimum Gasteiger partial charge on any atom is -0.382 e. The summed E-state index contributed by atoms with van der Waals surface area (Å²) in [6.45, 7) is 4.25. The molecule has 1 atom stereocenters. The van der Waals surface area contributed by atoms with Crippen LogP contribution in [-0.4, -0.2) is 34.0 Å². The van der Waals surface area contributed by atoms with Crippen molar-refractivity contribution in [2.75, 3.05) is 34.0 Å². The lowest BCUT2D eigenvalue weighted by Crippen LogP contribution is -2.18. The molecule has 0 aliphatic carbocycles. The maximum atomic E-state index is 5.47. The van der Waals surface area contributed by atoms with E-state index in [0.717, 1.165) is 13.0 Å². The Morgan fingerprint density at radius 2 is 2.19 bits per heavy atom. The lowest BCUT2D eigenvalue weighted by molar-refractivity contribution is 0.0661. The summed E-state index contributed by atoms with van der Waals surface area (Å²) in [5.41, 5.74) is 1.36. The van der Waals surface area contributed by atoms with Gasteiger partial charge in [0.1, 0.15) is 0 Å². The average molecular weight is 243 g/mol. The van der Waals surface area contributed by atoms with Crippen LogP contribution in [0.1, 0.15) is 22.9 Å². The molecule has 0 radical (unpaired) electrons. The van der Waals surface area contributed by atoms with Crippen LogP contribution in [0.5, 0.6) is 0 Å². The topological polar surface area (TPSA) is 30.5 Å². The zero-order valence-electron chi connectivity index (χ0n) is 10.3. The summed E-state index contributed by atoms with van der Waals surface area (Å²) in [7, 11) is 3.68. The summed E-state index contributed by atoms with van der Waals surface area (Å²) in [5, 5.41) is 5.53. The first kappa shape index (κ1) is 13.6. The van der Waals surface area contributed by atoms with Crippen LogP contribution in [0, 0.1) is 6.92 Å². The number of nitrogens with one attached hydrogen (secondary N) is 1. The van der Waals surface area contributed by atoms with E-state index in [1.54, 1.807) is 18.4 Å². The fourth-order valence-corrected chi connectivity index (χ4v) is 2.33. The van der Waals surface area contributed by atoms with Crippen LogP contribution in [0.3, 0.4) is 0 Å². The number of hydrogen-bond donors (Lipinski definition) is 1. The Bertz CT molecular complexity index is 288. The van der Waals surface area contributed by atoms with E-state index >= 15 is 0 Å². The first-order chi connectivity index (χ1) is 7.77. The summed E-state index contributed by atoms with van der Waals surface area (Å²) in [4.78, 5) is 1.36. The predicted octanol–water partition coefficient (Wildman–Crippen LogP) is 2.37.